The highest BCUT2D eigenvalue weighted by Crippen LogP contribution is 2.33. The molecule has 0 atom stereocenters. The molecule has 0 aliphatic heterocycles. The first-order valence-electron chi connectivity index (χ1n) is 6.55. The fraction of sp³-hybridized carbons (Fsp3) is 0.500. The first kappa shape index (κ1) is 10.8. The number of imidazole rings is 1. The molecule has 3 nitrogen and oxygen atoms in total. The largest absolute Gasteiger partial charge is 0.311 e. The van der Waals surface area contributed by atoms with Gasteiger partial charge < -0.3 is 9.72 Å². The van der Waals surface area contributed by atoms with Crippen LogP contribution in [0.15, 0.2) is 30.6 Å². The topological polar surface area (TPSA) is 29.3 Å². The Morgan fingerprint density at radius 2 is 2.29 bits per heavy atom. The Balaban J connectivity index is 1.46. The van der Waals surface area contributed by atoms with E-state index in [0.717, 1.165) is 30.3 Å². The zero-order chi connectivity index (χ0) is 11.5. The monoisotopic (exact) mass is 229 g/mol. The summed E-state index contributed by atoms with van der Waals surface area (Å²) in [5, 5.41) is 3.47. The normalized spacial score (nSPS) is 15.5. The zero-order valence-electron chi connectivity index (χ0n) is 10.1. The number of fused-ring (bicyclic) bond motifs is 1. The molecule has 0 radical (unpaired) electrons. The van der Waals surface area contributed by atoms with Crippen LogP contribution in [0.3, 0.4) is 0 Å². The first-order chi connectivity index (χ1) is 8.42. The average molecular weight is 229 g/mol. The second-order valence-electron chi connectivity index (χ2n) is 4.96. The Labute approximate surface area is 102 Å². The second-order valence-corrected chi connectivity index (χ2v) is 4.96. The Kier molecular flexibility index (Phi) is 3.10. The molecule has 0 aromatic carbocycles. The van der Waals surface area contributed by atoms with E-state index in [9.17, 15) is 0 Å². The van der Waals surface area contributed by atoms with Gasteiger partial charge in [0, 0.05) is 18.9 Å². The molecule has 1 aliphatic carbocycles. The molecule has 0 bridgehead atoms. The Bertz CT molecular complexity index is 452. The summed E-state index contributed by atoms with van der Waals surface area (Å²) in [5.41, 5.74) is 2.16. The van der Waals surface area contributed by atoms with E-state index in [1.54, 1.807) is 0 Å². The van der Waals surface area contributed by atoms with Gasteiger partial charge in [0.1, 0.15) is 5.65 Å². The van der Waals surface area contributed by atoms with Crippen LogP contribution in [0.5, 0.6) is 0 Å². The van der Waals surface area contributed by atoms with E-state index in [4.69, 9.17) is 0 Å². The summed E-state index contributed by atoms with van der Waals surface area (Å²) in [6, 6.07) is 6.09. The van der Waals surface area contributed by atoms with Gasteiger partial charge in [0.25, 0.3) is 0 Å². The molecular weight excluding hydrogens is 210 g/mol. The fourth-order valence-corrected chi connectivity index (χ4v) is 2.21. The summed E-state index contributed by atoms with van der Waals surface area (Å²) in [4.78, 5) is 4.56. The molecule has 1 aliphatic rings. The lowest BCUT2D eigenvalue weighted by molar-refractivity contribution is 0.590. The second kappa shape index (κ2) is 4.88. The van der Waals surface area contributed by atoms with Crippen LogP contribution < -0.4 is 5.32 Å². The predicted molar refractivity (Wildman–Crippen MR) is 68.9 cm³/mol. The smallest absolute Gasteiger partial charge is 0.137 e. The van der Waals surface area contributed by atoms with Gasteiger partial charge in [-0.2, -0.15) is 0 Å². The van der Waals surface area contributed by atoms with Crippen molar-refractivity contribution >= 4 is 5.65 Å². The van der Waals surface area contributed by atoms with Crippen LogP contribution in [0.2, 0.25) is 0 Å². The molecule has 17 heavy (non-hydrogen) atoms. The van der Waals surface area contributed by atoms with Crippen LogP contribution in [0.4, 0.5) is 0 Å². The molecule has 2 heterocycles. The van der Waals surface area contributed by atoms with Crippen molar-refractivity contribution in [2.45, 2.75) is 32.2 Å². The minimum atomic E-state index is 0.881. The zero-order valence-corrected chi connectivity index (χ0v) is 10.1. The van der Waals surface area contributed by atoms with Crippen LogP contribution >= 0.6 is 0 Å². The quantitative estimate of drug-likeness (QED) is 0.771. The first-order valence-corrected chi connectivity index (χ1v) is 6.55. The summed E-state index contributed by atoms with van der Waals surface area (Å²) < 4.78 is 2.07. The van der Waals surface area contributed by atoms with Gasteiger partial charge in [0.15, 0.2) is 0 Å². The molecule has 2 aromatic heterocycles. The Morgan fingerprint density at radius 1 is 1.35 bits per heavy atom. The van der Waals surface area contributed by atoms with E-state index in [0.29, 0.717) is 0 Å². The van der Waals surface area contributed by atoms with Crippen molar-refractivity contribution in [1.82, 2.24) is 14.7 Å². The number of nitrogens with one attached hydrogen (secondary N) is 1. The van der Waals surface area contributed by atoms with Crippen molar-refractivity contribution in [3.8, 4) is 0 Å². The van der Waals surface area contributed by atoms with Gasteiger partial charge in [-0.1, -0.05) is 18.9 Å². The molecular formula is C14H19N3. The maximum Gasteiger partial charge on any atom is 0.137 e. The van der Waals surface area contributed by atoms with Gasteiger partial charge >= 0.3 is 0 Å². The number of hydrogen-bond donors (Lipinski definition) is 1. The fourth-order valence-electron chi connectivity index (χ4n) is 2.21. The summed E-state index contributed by atoms with van der Waals surface area (Å²) in [7, 11) is 0. The lowest BCUT2D eigenvalue weighted by Crippen LogP contribution is -2.14. The molecule has 0 spiro atoms. The van der Waals surface area contributed by atoms with Gasteiger partial charge in [-0.3, -0.25) is 0 Å². The van der Waals surface area contributed by atoms with Crippen molar-refractivity contribution in [3.63, 3.8) is 0 Å². The van der Waals surface area contributed by atoms with Crippen molar-refractivity contribution in [3.05, 3.63) is 36.3 Å². The van der Waals surface area contributed by atoms with E-state index in [1.807, 2.05) is 24.4 Å². The van der Waals surface area contributed by atoms with Gasteiger partial charge in [-0.25, -0.2) is 4.98 Å². The summed E-state index contributed by atoms with van der Waals surface area (Å²) in [5.74, 6) is 1.05. The molecule has 2 aromatic rings. The highest BCUT2D eigenvalue weighted by atomic mass is 15.0. The van der Waals surface area contributed by atoms with Gasteiger partial charge in [-0.05, 0) is 37.4 Å². The van der Waals surface area contributed by atoms with Gasteiger partial charge in [0.05, 0.1) is 5.69 Å². The van der Waals surface area contributed by atoms with Crippen LogP contribution in [-0.4, -0.2) is 15.9 Å². The molecule has 3 heteroatoms. The summed E-state index contributed by atoms with van der Waals surface area (Å²) >= 11 is 0. The molecule has 1 N–H and O–H groups in total. The van der Waals surface area contributed by atoms with E-state index >= 15 is 0 Å². The van der Waals surface area contributed by atoms with Gasteiger partial charge in [0.2, 0.25) is 0 Å². The van der Waals surface area contributed by atoms with Crippen LogP contribution in [0.1, 0.15) is 31.4 Å². The van der Waals surface area contributed by atoms with E-state index in [1.165, 1.54) is 25.7 Å². The third kappa shape index (κ3) is 2.86. The minimum absolute atomic E-state index is 0.881. The minimum Gasteiger partial charge on any atom is -0.311 e. The maximum atomic E-state index is 4.56. The van der Waals surface area contributed by atoms with E-state index in [2.05, 4.69) is 20.9 Å². The Morgan fingerprint density at radius 3 is 3.12 bits per heavy atom. The highest BCUT2D eigenvalue weighted by molar-refractivity contribution is 5.39. The standard InChI is InChI=1S/C14H19N3/c1-2-9-17-11-13(16-14(17)5-1)10-15-8-3-4-12-6-7-12/h1-2,5,9,11-12,15H,3-4,6-8,10H2. The summed E-state index contributed by atoms with van der Waals surface area (Å²) in [6.45, 7) is 2.00. The molecule has 0 amide bonds. The summed E-state index contributed by atoms with van der Waals surface area (Å²) in [6.07, 6.45) is 9.78. The maximum absolute atomic E-state index is 4.56. The predicted octanol–water partition coefficient (Wildman–Crippen LogP) is 2.61. The average Bonchev–Trinajstić information content (AvgIpc) is 3.07. The molecule has 0 saturated heterocycles. The molecule has 3 rings (SSSR count). The third-order valence-corrected chi connectivity index (χ3v) is 3.38. The lowest BCUT2D eigenvalue weighted by Gasteiger charge is -2.01. The SMILES string of the molecule is c1ccn2cc(CNCCCC3CC3)nc2c1. The van der Waals surface area contributed by atoms with E-state index < -0.39 is 0 Å². The third-order valence-electron chi connectivity index (χ3n) is 3.38. The molecule has 90 valence electrons. The Hall–Kier alpha value is -1.35. The van der Waals surface area contributed by atoms with Crippen LogP contribution in [0.25, 0.3) is 5.65 Å². The van der Waals surface area contributed by atoms with Gasteiger partial charge in [-0.15, -0.1) is 0 Å². The number of hydrogen-bond acceptors (Lipinski definition) is 2. The number of pyridine rings is 1. The highest BCUT2D eigenvalue weighted by Gasteiger charge is 2.19. The molecule has 0 unspecified atom stereocenters. The van der Waals surface area contributed by atoms with Crippen LogP contribution in [0, 0.1) is 5.92 Å². The number of rotatable bonds is 6. The number of aromatic nitrogens is 2. The molecule has 1 fully saturated rings. The molecule has 1 saturated carbocycles. The lowest BCUT2D eigenvalue weighted by atomic mass is 10.2. The van der Waals surface area contributed by atoms with Crippen molar-refractivity contribution < 1.29 is 0 Å². The number of nitrogens with zero attached hydrogens (tertiary/aromatic N) is 2. The van der Waals surface area contributed by atoms with Crippen molar-refractivity contribution in [1.29, 1.82) is 0 Å². The van der Waals surface area contributed by atoms with Crippen LogP contribution in [-0.2, 0) is 6.54 Å². The van der Waals surface area contributed by atoms with E-state index in [-0.39, 0.29) is 0 Å². The van der Waals surface area contributed by atoms with Crippen molar-refractivity contribution in [2.75, 3.05) is 6.54 Å². The van der Waals surface area contributed by atoms with Crippen molar-refractivity contribution in [2.24, 2.45) is 5.92 Å².